The maximum Gasteiger partial charge on any atom is 0.321 e. The summed E-state index contributed by atoms with van der Waals surface area (Å²) in [4.78, 5) is 26.3. The van der Waals surface area contributed by atoms with E-state index in [1.54, 1.807) is 0 Å². The van der Waals surface area contributed by atoms with E-state index in [2.05, 4.69) is 27.4 Å². The Morgan fingerprint density at radius 2 is 1.97 bits per heavy atom. The van der Waals surface area contributed by atoms with Crippen molar-refractivity contribution in [3.63, 3.8) is 0 Å². The molecule has 1 aromatic heterocycles. The van der Waals surface area contributed by atoms with E-state index in [9.17, 15) is 13.6 Å². The van der Waals surface area contributed by atoms with E-state index in [0.717, 1.165) is 37.1 Å². The minimum atomic E-state index is -2.64. The molecule has 2 amide bonds. The standard InChI is InChI=1S/C27H36F2N6O2/c1-3-19-7-9-35(17-19)26(36)31-20-5-4-18(2)22(14-20)23-15-24(30-21-6-8-27(28,29)16-21)33-25(32-23)34-10-12-37-13-11-34/h4-5,14-15,19,21H,3,6-13,16-17H2,1-2H3,(H,31,36)(H,30,32,33)/t19-,21?/m1/s1. The molecule has 2 saturated heterocycles. The van der Waals surface area contributed by atoms with Crippen LogP contribution < -0.4 is 15.5 Å². The van der Waals surface area contributed by atoms with E-state index in [-0.39, 0.29) is 24.9 Å². The Hall–Kier alpha value is -3.01. The van der Waals surface area contributed by atoms with Gasteiger partial charge >= 0.3 is 6.03 Å². The quantitative estimate of drug-likeness (QED) is 0.555. The lowest BCUT2D eigenvalue weighted by Crippen LogP contribution is -2.37. The molecule has 1 saturated carbocycles. The minimum absolute atomic E-state index is 0.0908. The molecular formula is C27H36F2N6O2. The molecule has 1 aromatic carbocycles. The number of halogens is 2. The molecule has 1 aliphatic carbocycles. The molecule has 2 N–H and O–H groups in total. The second-order valence-electron chi connectivity index (χ2n) is 10.4. The molecule has 37 heavy (non-hydrogen) atoms. The Morgan fingerprint density at radius 3 is 2.68 bits per heavy atom. The fourth-order valence-corrected chi connectivity index (χ4v) is 5.36. The molecular weight excluding hydrogens is 478 g/mol. The predicted octanol–water partition coefficient (Wildman–Crippen LogP) is 5.15. The van der Waals surface area contributed by atoms with Gasteiger partial charge in [-0.15, -0.1) is 0 Å². The molecule has 200 valence electrons. The zero-order valence-corrected chi connectivity index (χ0v) is 21.6. The number of morpholine rings is 1. The Morgan fingerprint density at radius 1 is 1.16 bits per heavy atom. The van der Waals surface area contributed by atoms with Crippen molar-refractivity contribution in [2.24, 2.45) is 5.92 Å². The SMILES string of the molecule is CC[C@@H]1CCN(C(=O)Nc2ccc(C)c(-c3cc(NC4CCC(F)(F)C4)nc(N4CCOCC4)n3)c2)C1. The van der Waals surface area contributed by atoms with E-state index in [4.69, 9.17) is 9.72 Å². The van der Waals surface area contributed by atoms with Crippen LogP contribution in [0.15, 0.2) is 24.3 Å². The summed E-state index contributed by atoms with van der Waals surface area (Å²) in [7, 11) is 0. The van der Waals surface area contributed by atoms with Gasteiger partial charge in [0.25, 0.3) is 0 Å². The van der Waals surface area contributed by atoms with Crippen LogP contribution in [0.1, 0.15) is 44.6 Å². The van der Waals surface area contributed by atoms with Gasteiger partial charge in [-0.3, -0.25) is 0 Å². The summed E-state index contributed by atoms with van der Waals surface area (Å²) in [6.45, 7) is 8.20. The average Bonchev–Trinajstić information content (AvgIpc) is 3.51. The van der Waals surface area contributed by atoms with Crippen LogP contribution in [-0.2, 0) is 4.74 Å². The van der Waals surface area contributed by atoms with Crippen LogP contribution in [0.25, 0.3) is 11.3 Å². The predicted molar refractivity (Wildman–Crippen MR) is 140 cm³/mol. The Balaban J connectivity index is 1.41. The third kappa shape index (κ3) is 6.11. The number of urea groups is 1. The van der Waals surface area contributed by atoms with Crippen LogP contribution in [0, 0.1) is 12.8 Å². The smallest absolute Gasteiger partial charge is 0.321 e. The van der Waals surface area contributed by atoms with Crippen molar-refractivity contribution in [2.75, 3.05) is 54.9 Å². The van der Waals surface area contributed by atoms with Gasteiger partial charge in [-0.25, -0.2) is 18.6 Å². The van der Waals surface area contributed by atoms with E-state index in [1.807, 2.05) is 36.1 Å². The number of amides is 2. The van der Waals surface area contributed by atoms with Crippen molar-refractivity contribution in [1.29, 1.82) is 0 Å². The third-order valence-electron chi connectivity index (χ3n) is 7.68. The molecule has 2 atom stereocenters. The van der Waals surface area contributed by atoms with Gasteiger partial charge in [0, 0.05) is 62.4 Å². The molecule has 3 heterocycles. The highest BCUT2D eigenvalue weighted by atomic mass is 19.3. The molecule has 3 aliphatic rings. The number of aromatic nitrogens is 2. The maximum atomic E-state index is 13.8. The molecule has 3 fully saturated rings. The van der Waals surface area contributed by atoms with Gasteiger partial charge in [0.2, 0.25) is 11.9 Å². The lowest BCUT2D eigenvalue weighted by atomic mass is 10.0. The number of aryl methyl sites for hydroxylation is 1. The van der Waals surface area contributed by atoms with Gasteiger partial charge in [-0.05, 0) is 43.4 Å². The van der Waals surface area contributed by atoms with Gasteiger partial charge < -0.3 is 25.2 Å². The molecule has 0 bridgehead atoms. The van der Waals surface area contributed by atoms with Crippen LogP contribution in [0.3, 0.4) is 0 Å². The van der Waals surface area contributed by atoms with Gasteiger partial charge in [-0.1, -0.05) is 19.4 Å². The van der Waals surface area contributed by atoms with Crippen molar-refractivity contribution in [1.82, 2.24) is 14.9 Å². The van der Waals surface area contributed by atoms with Crippen molar-refractivity contribution < 1.29 is 18.3 Å². The number of hydrogen-bond acceptors (Lipinski definition) is 6. The number of benzene rings is 1. The molecule has 8 nitrogen and oxygen atoms in total. The first-order valence-corrected chi connectivity index (χ1v) is 13.3. The Labute approximate surface area is 216 Å². The van der Waals surface area contributed by atoms with Gasteiger partial charge in [0.05, 0.1) is 18.9 Å². The zero-order valence-electron chi connectivity index (χ0n) is 21.6. The number of hydrogen-bond donors (Lipinski definition) is 2. The van der Waals surface area contributed by atoms with Gasteiger partial charge in [0.15, 0.2) is 0 Å². The number of ether oxygens (including phenoxy) is 1. The number of alkyl halides is 2. The summed E-state index contributed by atoms with van der Waals surface area (Å²) < 4.78 is 33.2. The Kier molecular flexibility index (Phi) is 7.46. The third-order valence-corrected chi connectivity index (χ3v) is 7.68. The summed E-state index contributed by atoms with van der Waals surface area (Å²) in [5, 5.41) is 6.28. The number of likely N-dealkylation sites (tertiary alicyclic amines) is 1. The fourth-order valence-electron chi connectivity index (χ4n) is 5.36. The fraction of sp³-hybridized carbons (Fsp3) is 0.593. The summed E-state index contributed by atoms with van der Waals surface area (Å²) in [6, 6.07) is 7.18. The van der Waals surface area contributed by atoms with Crippen LogP contribution in [-0.4, -0.2) is 72.3 Å². The zero-order chi connectivity index (χ0) is 26.0. The number of carbonyl (C=O) groups excluding carboxylic acids is 1. The lowest BCUT2D eigenvalue weighted by Gasteiger charge is -2.28. The average molecular weight is 515 g/mol. The highest BCUT2D eigenvalue weighted by Gasteiger charge is 2.39. The second-order valence-corrected chi connectivity index (χ2v) is 10.4. The second kappa shape index (κ2) is 10.8. The van der Waals surface area contributed by atoms with Crippen molar-refractivity contribution >= 4 is 23.5 Å². The number of nitrogens with zero attached hydrogens (tertiary/aromatic N) is 4. The lowest BCUT2D eigenvalue weighted by molar-refractivity contribution is 0.00851. The number of rotatable bonds is 6. The van der Waals surface area contributed by atoms with Crippen molar-refractivity contribution in [3.8, 4) is 11.3 Å². The van der Waals surface area contributed by atoms with Crippen molar-refractivity contribution in [2.45, 2.75) is 57.9 Å². The topological polar surface area (TPSA) is 82.6 Å². The summed E-state index contributed by atoms with van der Waals surface area (Å²) >= 11 is 0. The maximum absolute atomic E-state index is 13.8. The summed E-state index contributed by atoms with van der Waals surface area (Å²) in [5.41, 5.74) is 3.24. The summed E-state index contributed by atoms with van der Waals surface area (Å²) in [5.74, 6) is -1.00. The molecule has 2 aliphatic heterocycles. The van der Waals surface area contributed by atoms with Crippen LogP contribution in [0.4, 0.5) is 31.0 Å². The molecule has 2 aromatic rings. The normalized spacial score (nSPS) is 23.4. The van der Waals surface area contributed by atoms with E-state index in [1.165, 1.54) is 0 Å². The number of carbonyl (C=O) groups is 1. The van der Waals surface area contributed by atoms with Crippen LogP contribution >= 0.6 is 0 Å². The van der Waals surface area contributed by atoms with Crippen LogP contribution in [0.5, 0.6) is 0 Å². The van der Waals surface area contributed by atoms with Crippen LogP contribution in [0.2, 0.25) is 0 Å². The van der Waals surface area contributed by atoms with E-state index < -0.39 is 5.92 Å². The van der Waals surface area contributed by atoms with E-state index in [0.29, 0.717) is 61.8 Å². The molecule has 1 unspecified atom stereocenters. The van der Waals surface area contributed by atoms with E-state index >= 15 is 0 Å². The first-order chi connectivity index (χ1) is 17.8. The molecule has 10 heteroatoms. The molecule has 5 rings (SSSR count). The highest BCUT2D eigenvalue weighted by molar-refractivity contribution is 5.90. The number of nitrogens with one attached hydrogen (secondary N) is 2. The molecule has 0 radical (unpaired) electrons. The first kappa shape index (κ1) is 25.6. The first-order valence-electron chi connectivity index (χ1n) is 13.3. The van der Waals surface area contributed by atoms with Gasteiger partial charge in [-0.2, -0.15) is 4.98 Å². The largest absolute Gasteiger partial charge is 0.378 e. The van der Waals surface area contributed by atoms with Gasteiger partial charge in [0.1, 0.15) is 5.82 Å². The summed E-state index contributed by atoms with van der Waals surface area (Å²) in [6.07, 6.45) is 2.20. The highest BCUT2D eigenvalue weighted by Crippen LogP contribution is 2.37. The van der Waals surface area contributed by atoms with Crippen molar-refractivity contribution in [3.05, 3.63) is 29.8 Å². The Bertz CT molecular complexity index is 1120. The molecule has 0 spiro atoms. The monoisotopic (exact) mass is 514 g/mol. The number of anilines is 3. The minimum Gasteiger partial charge on any atom is -0.378 e.